The number of nitrogens with one attached hydrogen (secondary N) is 2. The van der Waals surface area contributed by atoms with Gasteiger partial charge in [0.2, 0.25) is 0 Å². The number of anilines is 1. The smallest absolute Gasteiger partial charge is 0.314 e. The molecule has 4 N–H and O–H groups in total. The summed E-state index contributed by atoms with van der Waals surface area (Å²) >= 11 is 0. The molecule has 0 aliphatic rings. The molecule has 154 valence electrons. The number of nitrogens with zero attached hydrogens (tertiary/aromatic N) is 3. The highest BCUT2D eigenvalue weighted by atomic mass is 16.2. The average molecular weight is 387 g/mol. The summed E-state index contributed by atoms with van der Waals surface area (Å²) in [5.41, 5.74) is 8.82. The van der Waals surface area contributed by atoms with Gasteiger partial charge in [0.1, 0.15) is 11.3 Å². The first-order chi connectivity index (χ1) is 13.7. The zero-order valence-electron chi connectivity index (χ0n) is 16.8. The van der Waals surface area contributed by atoms with E-state index in [9.17, 15) is 4.79 Å². The summed E-state index contributed by atoms with van der Waals surface area (Å²) < 4.78 is 2.19. The van der Waals surface area contributed by atoms with Crippen LogP contribution in [-0.2, 0) is 13.0 Å². The molecule has 0 unspecified atom stereocenters. The summed E-state index contributed by atoms with van der Waals surface area (Å²) in [5.74, 6) is 1.45. The molecular weight excluding hydrogens is 352 g/mol. The molecule has 0 saturated heterocycles. The van der Waals surface area contributed by atoms with Gasteiger partial charge in [-0.3, -0.25) is 0 Å². The third-order valence-corrected chi connectivity index (χ3v) is 4.88. The first-order valence-corrected chi connectivity index (χ1v) is 10.2. The molecule has 0 radical (unpaired) electrons. The molecule has 0 atom stereocenters. The molecule has 3 aromatic rings. The topological polar surface area (TPSA) is 97.9 Å². The van der Waals surface area contributed by atoms with Crippen LogP contribution in [0.2, 0.25) is 0 Å². The van der Waals surface area contributed by atoms with Crippen molar-refractivity contribution in [3.63, 3.8) is 0 Å². The average Bonchev–Trinajstić information content (AvgIpc) is 3.06. The van der Waals surface area contributed by atoms with Crippen molar-refractivity contribution in [1.82, 2.24) is 25.2 Å². The van der Waals surface area contributed by atoms with Gasteiger partial charge in [0.05, 0.1) is 11.0 Å². The van der Waals surface area contributed by atoms with Crippen molar-refractivity contribution in [3.05, 3.63) is 30.1 Å². The number of imidazole rings is 1. The van der Waals surface area contributed by atoms with E-state index in [1.807, 2.05) is 18.2 Å². The SMILES string of the molecule is CCCCNC(=O)NCCn1c(CCCC)nc2c(N)nc3ccccc3c21.[HH].[HH]. The summed E-state index contributed by atoms with van der Waals surface area (Å²) in [6.07, 6.45) is 5.07. The number of nitrogen functional groups attached to an aromatic ring is 1. The monoisotopic (exact) mass is 386 g/mol. The number of carbonyl (C=O) groups excluding carboxylic acids is 1. The molecule has 7 heteroatoms. The number of fused-ring (bicyclic) bond motifs is 3. The predicted octanol–water partition coefficient (Wildman–Crippen LogP) is 4.10. The third kappa shape index (κ3) is 4.35. The van der Waals surface area contributed by atoms with Gasteiger partial charge in [-0.25, -0.2) is 14.8 Å². The molecule has 7 nitrogen and oxygen atoms in total. The van der Waals surface area contributed by atoms with Crippen LogP contribution in [0, 0.1) is 0 Å². The fraction of sp³-hybridized carbons (Fsp3) is 0.476. The molecule has 0 aliphatic heterocycles. The molecule has 28 heavy (non-hydrogen) atoms. The van der Waals surface area contributed by atoms with E-state index in [1.54, 1.807) is 0 Å². The minimum atomic E-state index is -0.126. The Morgan fingerprint density at radius 1 is 1.11 bits per heavy atom. The van der Waals surface area contributed by atoms with Crippen molar-refractivity contribution in [2.45, 2.75) is 52.5 Å². The van der Waals surface area contributed by atoms with Gasteiger partial charge in [-0.15, -0.1) is 0 Å². The van der Waals surface area contributed by atoms with E-state index in [4.69, 9.17) is 10.7 Å². The highest BCUT2D eigenvalue weighted by Gasteiger charge is 2.17. The van der Waals surface area contributed by atoms with Crippen molar-refractivity contribution in [2.24, 2.45) is 0 Å². The van der Waals surface area contributed by atoms with Crippen molar-refractivity contribution in [2.75, 3.05) is 18.8 Å². The number of hydrogen-bond donors (Lipinski definition) is 3. The number of benzene rings is 1. The number of hydrogen-bond acceptors (Lipinski definition) is 4. The van der Waals surface area contributed by atoms with Crippen LogP contribution in [-0.4, -0.2) is 33.7 Å². The number of urea groups is 1. The number of para-hydroxylation sites is 1. The Bertz CT molecular complexity index is 959. The van der Waals surface area contributed by atoms with Crippen LogP contribution in [0.1, 0.15) is 48.2 Å². The molecule has 0 fully saturated rings. The Hall–Kier alpha value is -2.83. The van der Waals surface area contributed by atoms with Gasteiger partial charge in [0.15, 0.2) is 5.82 Å². The molecule has 0 saturated carbocycles. The molecule has 2 aromatic heterocycles. The van der Waals surface area contributed by atoms with E-state index in [-0.39, 0.29) is 8.88 Å². The largest absolute Gasteiger partial charge is 0.382 e. The van der Waals surface area contributed by atoms with Crippen LogP contribution in [0.25, 0.3) is 21.9 Å². The number of amides is 2. The molecule has 2 heterocycles. The van der Waals surface area contributed by atoms with Crippen LogP contribution in [0.4, 0.5) is 10.6 Å². The van der Waals surface area contributed by atoms with Gasteiger partial charge >= 0.3 is 6.03 Å². The lowest BCUT2D eigenvalue weighted by atomic mass is 10.2. The second-order valence-electron chi connectivity index (χ2n) is 7.03. The second-order valence-corrected chi connectivity index (χ2v) is 7.03. The van der Waals surface area contributed by atoms with Crippen molar-refractivity contribution >= 4 is 33.8 Å². The van der Waals surface area contributed by atoms with Crippen molar-refractivity contribution < 1.29 is 7.65 Å². The Balaban J connectivity index is 0.00000225. The number of pyridine rings is 1. The van der Waals surface area contributed by atoms with Crippen LogP contribution in [0.3, 0.4) is 0 Å². The van der Waals surface area contributed by atoms with Crippen LogP contribution >= 0.6 is 0 Å². The van der Waals surface area contributed by atoms with Gasteiger partial charge in [0.25, 0.3) is 0 Å². The third-order valence-electron chi connectivity index (χ3n) is 4.88. The lowest BCUT2D eigenvalue weighted by Crippen LogP contribution is -2.37. The molecule has 2 amide bonds. The lowest BCUT2D eigenvalue weighted by Gasteiger charge is -2.12. The number of aryl methyl sites for hydroxylation is 1. The van der Waals surface area contributed by atoms with E-state index in [0.29, 0.717) is 25.5 Å². The maximum atomic E-state index is 12.0. The fourth-order valence-corrected chi connectivity index (χ4v) is 3.39. The molecule has 3 rings (SSSR count). The van der Waals surface area contributed by atoms with E-state index in [0.717, 1.165) is 59.9 Å². The quantitative estimate of drug-likeness (QED) is 0.482. The van der Waals surface area contributed by atoms with Gasteiger partial charge in [0, 0.05) is 34.3 Å². The van der Waals surface area contributed by atoms with Crippen LogP contribution in [0.5, 0.6) is 0 Å². The Morgan fingerprint density at radius 3 is 2.64 bits per heavy atom. The standard InChI is InChI=1S/C21H30N6O.2H2/c1-3-5-11-17-26-18-19(15-9-7-8-10-16(15)25-20(18)22)27(17)14-13-24-21(28)23-12-6-4-2;;/h7-10H,3-6,11-14H2,1-2H3,(H2,22,25)(H2,23,24,28);2*1H. The fourth-order valence-electron chi connectivity index (χ4n) is 3.39. The minimum absolute atomic E-state index is 0. The number of carbonyl (C=O) groups is 1. The maximum absolute atomic E-state index is 12.0. The number of rotatable bonds is 9. The molecule has 1 aromatic carbocycles. The lowest BCUT2D eigenvalue weighted by molar-refractivity contribution is 0.240. The second kappa shape index (κ2) is 9.39. The van der Waals surface area contributed by atoms with Gasteiger partial charge in [-0.1, -0.05) is 44.9 Å². The molecule has 0 bridgehead atoms. The summed E-state index contributed by atoms with van der Waals surface area (Å²) in [6, 6.07) is 7.85. The Morgan fingerprint density at radius 2 is 1.86 bits per heavy atom. The number of unbranched alkanes of at least 4 members (excludes halogenated alkanes) is 2. The van der Waals surface area contributed by atoms with Crippen LogP contribution in [0.15, 0.2) is 24.3 Å². The highest BCUT2D eigenvalue weighted by molar-refractivity contribution is 6.06. The first kappa shape index (κ1) is 19.9. The highest BCUT2D eigenvalue weighted by Crippen LogP contribution is 2.29. The zero-order valence-corrected chi connectivity index (χ0v) is 16.8. The predicted molar refractivity (Wildman–Crippen MR) is 119 cm³/mol. The van der Waals surface area contributed by atoms with Crippen LogP contribution < -0.4 is 16.4 Å². The normalized spacial score (nSPS) is 11.2. The number of aromatic nitrogens is 3. The minimum Gasteiger partial charge on any atom is -0.382 e. The van der Waals surface area contributed by atoms with Gasteiger partial charge < -0.3 is 20.9 Å². The summed E-state index contributed by atoms with van der Waals surface area (Å²) in [6.45, 7) is 6.14. The first-order valence-electron chi connectivity index (χ1n) is 10.2. The maximum Gasteiger partial charge on any atom is 0.314 e. The van der Waals surface area contributed by atoms with Gasteiger partial charge in [-0.2, -0.15) is 0 Å². The van der Waals surface area contributed by atoms with Crippen molar-refractivity contribution in [1.29, 1.82) is 0 Å². The Labute approximate surface area is 168 Å². The molecular formula is C21H34N6O. The van der Waals surface area contributed by atoms with E-state index < -0.39 is 0 Å². The molecule has 0 spiro atoms. The molecule has 0 aliphatic carbocycles. The summed E-state index contributed by atoms with van der Waals surface area (Å²) in [5, 5.41) is 6.86. The Kier molecular flexibility index (Phi) is 6.68. The number of nitrogens with two attached hydrogens (primary N) is 1. The summed E-state index contributed by atoms with van der Waals surface area (Å²) in [4.78, 5) is 21.3. The summed E-state index contributed by atoms with van der Waals surface area (Å²) in [7, 11) is 0. The van der Waals surface area contributed by atoms with E-state index in [1.165, 1.54) is 0 Å². The van der Waals surface area contributed by atoms with Crippen molar-refractivity contribution in [3.8, 4) is 0 Å². The zero-order chi connectivity index (χ0) is 19.9. The van der Waals surface area contributed by atoms with E-state index >= 15 is 0 Å². The van der Waals surface area contributed by atoms with E-state index in [2.05, 4.69) is 40.1 Å². The van der Waals surface area contributed by atoms with Gasteiger partial charge in [-0.05, 0) is 18.9 Å².